The van der Waals surface area contributed by atoms with Gasteiger partial charge in [-0.15, -0.1) is 0 Å². The van der Waals surface area contributed by atoms with Crippen LogP contribution in [0.3, 0.4) is 0 Å². The Kier molecular flexibility index (Phi) is 5.74. The molecular weight excluding hydrogens is 379 g/mol. The Labute approximate surface area is 161 Å². The van der Waals surface area contributed by atoms with Crippen molar-refractivity contribution in [2.45, 2.75) is 10.4 Å². The lowest BCUT2D eigenvalue weighted by Crippen LogP contribution is -1.99. The van der Waals surface area contributed by atoms with Crippen LogP contribution >= 0.6 is 34.8 Å². The highest BCUT2D eigenvalue weighted by atomic mass is 35.6. The zero-order valence-electron chi connectivity index (χ0n) is 13.2. The summed E-state index contributed by atoms with van der Waals surface area (Å²) in [5.74, 6) is 2.04. The topological polar surface area (TPSA) is 18.5 Å². The van der Waals surface area contributed by atoms with Crippen molar-refractivity contribution in [2.24, 2.45) is 0 Å². The van der Waals surface area contributed by atoms with Gasteiger partial charge >= 0.3 is 0 Å². The molecule has 0 saturated heterocycles. The number of halogens is 3. The summed E-state index contributed by atoms with van der Waals surface area (Å²) in [6.45, 7) is 0.520. The standard InChI is InChI=1S/C20H15Cl3O2/c21-20(22,23)16-7-4-8-19(13-16)25-18-11-9-17(10-12-18)24-14-15-5-2-1-3-6-15/h1-13H,14H2. The second-order valence-corrected chi connectivity index (χ2v) is 7.65. The number of alkyl halides is 3. The molecule has 0 aliphatic rings. The molecule has 5 heteroatoms. The molecule has 25 heavy (non-hydrogen) atoms. The molecule has 3 aromatic carbocycles. The molecule has 0 saturated carbocycles. The van der Waals surface area contributed by atoms with E-state index in [0.717, 1.165) is 11.3 Å². The zero-order chi connectivity index (χ0) is 17.7. The van der Waals surface area contributed by atoms with Gasteiger partial charge in [0.15, 0.2) is 0 Å². The van der Waals surface area contributed by atoms with E-state index in [4.69, 9.17) is 44.3 Å². The van der Waals surface area contributed by atoms with Crippen molar-refractivity contribution in [3.05, 3.63) is 90.0 Å². The summed E-state index contributed by atoms with van der Waals surface area (Å²) >= 11 is 17.7. The first-order valence-corrected chi connectivity index (χ1v) is 8.76. The third kappa shape index (κ3) is 5.30. The van der Waals surface area contributed by atoms with Crippen LogP contribution in [0.5, 0.6) is 17.2 Å². The van der Waals surface area contributed by atoms with Crippen molar-refractivity contribution in [3.63, 3.8) is 0 Å². The van der Waals surface area contributed by atoms with Gasteiger partial charge in [-0.25, -0.2) is 0 Å². The van der Waals surface area contributed by atoms with Gasteiger partial charge in [-0.2, -0.15) is 0 Å². The van der Waals surface area contributed by atoms with Crippen LogP contribution in [0.25, 0.3) is 0 Å². The lowest BCUT2D eigenvalue weighted by molar-refractivity contribution is 0.306. The highest BCUT2D eigenvalue weighted by Crippen LogP contribution is 2.39. The Morgan fingerprint density at radius 2 is 1.36 bits per heavy atom. The average Bonchev–Trinajstić information content (AvgIpc) is 2.62. The van der Waals surface area contributed by atoms with Crippen LogP contribution in [-0.2, 0) is 10.4 Å². The largest absolute Gasteiger partial charge is 0.489 e. The first kappa shape index (κ1) is 17.9. The molecule has 0 aliphatic carbocycles. The van der Waals surface area contributed by atoms with Crippen LogP contribution in [0.2, 0.25) is 0 Å². The Bertz CT molecular complexity index is 812. The molecular formula is C20H15Cl3O2. The fourth-order valence-electron chi connectivity index (χ4n) is 2.22. The Balaban J connectivity index is 1.63. The second kappa shape index (κ2) is 8.01. The third-order valence-electron chi connectivity index (χ3n) is 3.47. The Morgan fingerprint density at radius 3 is 2.04 bits per heavy atom. The predicted molar refractivity (Wildman–Crippen MR) is 103 cm³/mol. The first-order chi connectivity index (χ1) is 12.0. The van der Waals surface area contributed by atoms with E-state index in [1.807, 2.05) is 54.6 Å². The normalized spacial score (nSPS) is 11.2. The monoisotopic (exact) mass is 392 g/mol. The molecule has 0 unspecified atom stereocenters. The molecule has 0 N–H and O–H groups in total. The van der Waals surface area contributed by atoms with Crippen molar-refractivity contribution >= 4 is 34.8 Å². The van der Waals surface area contributed by atoms with E-state index >= 15 is 0 Å². The predicted octanol–water partition coefficient (Wildman–Crippen LogP) is 6.88. The molecule has 0 heterocycles. The molecule has 0 radical (unpaired) electrons. The summed E-state index contributed by atoms with van der Waals surface area (Å²) in [6.07, 6.45) is 0. The number of ether oxygens (including phenoxy) is 2. The lowest BCUT2D eigenvalue weighted by atomic mass is 10.2. The maximum Gasteiger partial charge on any atom is 0.216 e. The highest BCUT2D eigenvalue weighted by molar-refractivity contribution is 6.66. The molecule has 3 rings (SSSR count). The molecule has 0 bridgehead atoms. The van der Waals surface area contributed by atoms with Gasteiger partial charge in [0.25, 0.3) is 0 Å². The first-order valence-electron chi connectivity index (χ1n) is 7.62. The molecule has 3 aromatic rings. The van der Waals surface area contributed by atoms with Gasteiger partial charge in [0, 0.05) is 5.56 Å². The van der Waals surface area contributed by atoms with E-state index in [0.29, 0.717) is 23.7 Å². The van der Waals surface area contributed by atoms with Crippen molar-refractivity contribution < 1.29 is 9.47 Å². The number of rotatable bonds is 5. The molecule has 0 amide bonds. The molecule has 0 spiro atoms. The minimum Gasteiger partial charge on any atom is -0.489 e. The van der Waals surface area contributed by atoms with Gasteiger partial charge in [0.2, 0.25) is 3.79 Å². The summed E-state index contributed by atoms with van der Waals surface area (Å²) in [5.41, 5.74) is 1.67. The van der Waals surface area contributed by atoms with Crippen LogP contribution in [0, 0.1) is 0 Å². The van der Waals surface area contributed by atoms with Gasteiger partial charge in [0.05, 0.1) is 0 Å². The van der Waals surface area contributed by atoms with Gasteiger partial charge in [-0.3, -0.25) is 0 Å². The highest BCUT2D eigenvalue weighted by Gasteiger charge is 2.22. The third-order valence-corrected chi connectivity index (χ3v) is 4.12. The summed E-state index contributed by atoms with van der Waals surface area (Å²) in [7, 11) is 0. The van der Waals surface area contributed by atoms with Crippen molar-refractivity contribution in [2.75, 3.05) is 0 Å². The van der Waals surface area contributed by atoms with E-state index in [-0.39, 0.29) is 0 Å². The van der Waals surface area contributed by atoms with E-state index in [9.17, 15) is 0 Å². The maximum atomic E-state index is 5.90. The van der Waals surface area contributed by atoms with E-state index < -0.39 is 3.79 Å². The van der Waals surface area contributed by atoms with Gasteiger partial charge in [-0.05, 0) is 42.0 Å². The molecule has 0 aromatic heterocycles. The van der Waals surface area contributed by atoms with E-state index in [1.54, 1.807) is 24.3 Å². The van der Waals surface area contributed by atoms with Crippen LogP contribution in [0.15, 0.2) is 78.9 Å². The molecule has 2 nitrogen and oxygen atoms in total. The van der Waals surface area contributed by atoms with E-state index in [2.05, 4.69) is 0 Å². The van der Waals surface area contributed by atoms with Crippen molar-refractivity contribution in [1.29, 1.82) is 0 Å². The van der Waals surface area contributed by atoms with Gasteiger partial charge < -0.3 is 9.47 Å². The smallest absolute Gasteiger partial charge is 0.216 e. The zero-order valence-corrected chi connectivity index (χ0v) is 15.4. The minimum atomic E-state index is -1.48. The summed E-state index contributed by atoms with van der Waals surface area (Å²) < 4.78 is 10.1. The number of hydrogen-bond donors (Lipinski definition) is 0. The van der Waals surface area contributed by atoms with E-state index in [1.165, 1.54) is 0 Å². The summed E-state index contributed by atoms with van der Waals surface area (Å²) in [4.78, 5) is 0. The molecule has 0 aliphatic heterocycles. The number of benzene rings is 3. The van der Waals surface area contributed by atoms with Gasteiger partial charge in [0.1, 0.15) is 23.9 Å². The van der Waals surface area contributed by atoms with Crippen LogP contribution in [0.1, 0.15) is 11.1 Å². The average molecular weight is 394 g/mol. The van der Waals surface area contributed by atoms with Crippen LogP contribution in [-0.4, -0.2) is 0 Å². The fourth-order valence-corrected chi connectivity index (χ4v) is 2.57. The quantitative estimate of drug-likeness (QED) is 0.440. The SMILES string of the molecule is ClC(Cl)(Cl)c1cccc(Oc2ccc(OCc3ccccc3)cc2)c1. The van der Waals surface area contributed by atoms with Gasteiger partial charge in [-0.1, -0.05) is 77.3 Å². The lowest BCUT2D eigenvalue weighted by Gasteiger charge is -2.13. The minimum absolute atomic E-state index is 0.520. The molecule has 0 atom stereocenters. The Hall–Kier alpha value is -1.87. The van der Waals surface area contributed by atoms with Crippen LogP contribution in [0.4, 0.5) is 0 Å². The second-order valence-electron chi connectivity index (χ2n) is 5.37. The summed E-state index contributed by atoms with van der Waals surface area (Å²) in [5, 5.41) is 0. The van der Waals surface area contributed by atoms with Crippen molar-refractivity contribution in [1.82, 2.24) is 0 Å². The van der Waals surface area contributed by atoms with Crippen LogP contribution < -0.4 is 9.47 Å². The maximum absolute atomic E-state index is 5.90. The molecule has 0 fully saturated rings. The fraction of sp³-hybridized carbons (Fsp3) is 0.100. The number of hydrogen-bond acceptors (Lipinski definition) is 2. The molecule has 128 valence electrons. The Morgan fingerprint density at radius 1 is 0.680 bits per heavy atom. The summed E-state index contributed by atoms with van der Waals surface area (Å²) in [6, 6.07) is 24.4. The van der Waals surface area contributed by atoms with Crippen molar-refractivity contribution in [3.8, 4) is 17.2 Å².